The standard InChI is InChI=1S/C13H20N2O2/c1-10-9-15(6-3-7-17-10)13-5-4-12(8-14-13)11(2)16/h4-5,8,10-11,16H,3,6-7,9H2,1-2H3/t10?,11-/m0/s1. The zero-order valence-corrected chi connectivity index (χ0v) is 10.5. The maximum Gasteiger partial charge on any atom is 0.128 e. The topological polar surface area (TPSA) is 45.6 Å². The molecule has 1 aromatic rings. The van der Waals surface area contributed by atoms with Crippen LogP contribution in [0.2, 0.25) is 0 Å². The van der Waals surface area contributed by atoms with E-state index >= 15 is 0 Å². The molecule has 2 atom stereocenters. The van der Waals surface area contributed by atoms with E-state index < -0.39 is 6.10 Å². The lowest BCUT2D eigenvalue weighted by Gasteiger charge is -2.23. The lowest BCUT2D eigenvalue weighted by Crippen LogP contribution is -2.30. The molecule has 1 N–H and O–H groups in total. The molecule has 1 aliphatic rings. The molecule has 1 aliphatic heterocycles. The van der Waals surface area contributed by atoms with E-state index in [1.54, 1.807) is 13.1 Å². The van der Waals surface area contributed by atoms with Crippen LogP contribution >= 0.6 is 0 Å². The number of hydrogen-bond acceptors (Lipinski definition) is 4. The van der Waals surface area contributed by atoms with Gasteiger partial charge in [-0.25, -0.2) is 4.98 Å². The Bertz CT molecular complexity index is 351. The van der Waals surface area contributed by atoms with Crippen LogP contribution in [-0.2, 0) is 4.74 Å². The van der Waals surface area contributed by atoms with Crippen LogP contribution in [0.1, 0.15) is 31.9 Å². The summed E-state index contributed by atoms with van der Waals surface area (Å²) in [4.78, 5) is 6.65. The molecule has 1 aromatic heterocycles. The van der Waals surface area contributed by atoms with Crippen LogP contribution in [0.5, 0.6) is 0 Å². The summed E-state index contributed by atoms with van der Waals surface area (Å²) in [6, 6.07) is 3.91. The first-order valence-corrected chi connectivity index (χ1v) is 6.17. The largest absolute Gasteiger partial charge is 0.389 e. The smallest absolute Gasteiger partial charge is 0.128 e. The minimum absolute atomic E-state index is 0.246. The van der Waals surface area contributed by atoms with Crippen LogP contribution in [0.4, 0.5) is 5.82 Å². The fourth-order valence-corrected chi connectivity index (χ4v) is 2.03. The second-order valence-electron chi connectivity index (χ2n) is 4.61. The highest BCUT2D eigenvalue weighted by atomic mass is 16.5. The van der Waals surface area contributed by atoms with Gasteiger partial charge in [0.15, 0.2) is 0 Å². The van der Waals surface area contributed by atoms with Crippen LogP contribution in [-0.4, -0.2) is 35.9 Å². The molecule has 94 valence electrons. The second-order valence-corrected chi connectivity index (χ2v) is 4.61. The van der Waals surface area contributed by atoms with Crippen molar-refractivity contribution in [1.82, 2.24) is 4.98 Å². The van der Waals surface area contributed by atoms with Gasteiger partial charge in [0.05, 0.1) is 12.2 Å². The summed E-state index contributed by atoms with van der Waals surface area (Å²) < 4.78 is 5.61. The summed E-state index contributed by atoms with van der Waals surface area (Å²) in [6.07, 6.45) is 2.57. The van der Waals surface area contributed by atoms with Crippen LogP contribution < -0.4 is 4.90 Å². The van der Waals surface area contributed by atoms with Gasteiger partial charge in [-0.1, -0.05) is 6.07 Å². The number of hydrogen-bond donors (Lipinski definition) is 1. The van der Waals surface area contributed by atoms with Crippen molar-refractivity contribution in [2.45, 2.75) is 32.5 Å². The molecule has 0 bridgehead atoms. The molecule has 0 aromatic carbocycles. The molecule has 0 aliphatic carbocycles. The highest BCUT2D eigenvalue weighted by molar-refractivity contribution is 5.39. The van der Waals surface area contributed by atoms with E-state index in [9.17, 15) is 5.11 Å². The first-order chi connectivity index (χ1) is 8.16. The van der Waals surface area contributed by atoms with Gasteiger partial charge in [-0.15, -0.1) is 0 Å². The Hall–Kier alpha value is -1.13. The molecule has 1 saturated heterocycles. The minimum atomic E-state index is -0.456. The molecule has 1 unspecified atom stereocenters. The van der Waals surface area contributed by atoms with Crippen LogP contribution in [0, 0.1) is 0 Å². The van der Waals surface area contributed by atoms with Gasteiger partial charge in [-0.05, 0) is 31.9 Å². The lowest BCUT2D eigenvalue weighted by atomic mass is 10.2. The van der Waals surface area contributed by atoms with Crippen LogP contribution in [0.3, 0.4) is 0 Å². The SMILES string of the molecule is CC1CN(c2ccc([C@H](C)O)cn2)CCCO1. The number of nitrogens with zero attached hydrogens (tertiary/aromatic N) is 2. The minimum Gasteiger partial charge on any atom is -0.389 e. The Balaban J connectivity index is 2.10. The first kappa shape index (κ1) is 12.3. The van der Waals surface area contributed by atoms with Crippen LogP contribution in [0.15, 0.2) is 18.3 Å². The summed E-state index contributed by atoms with van der Waals surface area (Å²) in [5.41, 5.74) is 0.855. The van der Waals surface area contributed by atoms with Gasteiger partial charge in [-0.2, -0.15) is 0 Å². The molecule has 4 nitrogen and oxygen atoms in total. The summed E-state index contributed by atoms with van der Waals surface area (Å²) in [5.74, 6) is 0.965. The van der Waals surface area contributed by atoms with Gasteiger partial charge >= 0.3 is 0 Å². The number of rotatable bonds is 2. The fraction of sp³-hybridized carbons (Fsp3) is 0.615. The molecule has 0 radical (unpaired) electrons. The van der Waals surface area contributed by atoms with Crippen molar-refractivity contribution < 1.29 is 9.84 Å². The number of aromatic nitrogens is 1. The number of ether oxygens (including phenoxy) is 1. The van der Waals surface area contributed by atoms with E-state index in [0.29, 0.717) is 0 Å². The molecular formula is C13H20N2O2. The molecule has 17 heavy (non-hydrogen) atoms. The molecule has 2 heterocycles. The van der Waals surface area contributed by atoms with Gasteiger partial charge in [-0.3, -0.25) is 0 Å². The maximum atomic E-state index is 9.44. The molecule has 2 rings (SSSR count). The first-order valence-electron chi connectivity index (χ1n) is 6.17. The van der Waals surface area contributed by atoms with E-state index in [2.05, 4.69) is 16.8 Å². The number of aliphatic hydroxyl groups is 1. The van der Waals surface area contributed by atoms with E-state index in [1.165, 1.54) is 0 Å². The number of anilines is 1. The van der Waals surface area contributed by atoms with Gasteiger partial charge in [0.25, 0.3) is 0 Å². The van der Waals surface area contributed by atoms with Crippen molar-refractivity contribution in [3.63, 3.8) is 0 Å². The molecule has 1 fully saturated rings. The average molecular weight is 236 g/mol. The highest BCUT2D eigenvalue weighted by Crippen LogP contribution is 2.18. The molecule has 4 heteroatoms. The monoisotopic (exact) mass is 236 g/mol. The Morgan fingerprint density at radius 3 is 3.00 bits per heavy atom. The Labute approximate surface area is 102 Å². The number of pyridine rings is 1. The molecular weight excluding hydrogens is 216 g/mol. The van der Waals surface area contributed by atoms with E-state index in [1.807, 2.05) is 12.1 Å². The average Bonchev–Trinajstić information content (AvgIpc) is 2.54. The van der Waals surface area contributed by atoms with E-state index in [4.69, 9.17) is 4.74 Å². The van der Waals surface area contributed by atoms with Crippen molar-refractivity contribution >= 4 is 5.82 Å². The van der Waals surface area contributed by atoms with Crippen molar-refractivity contribution in [1.29, 1.82) is 0 Å². The third-order valence-electron chi connectivity index (χ3n) is 3.03. The number of aliphatic hydroxyl groups excluding tert-OH is 1. The summed E-state index contributed by atoms with van der Waals surface area (Å²) in [5, 5.41) is 9.44. The normalized spacial score (nSPS) is 23.2. The highest BCUT2D eigenvalue weighted by Gasteiger charge is 2.16. The molecule has 0 spiro atoms. The van der Waals surface area contributed by atoms with Crippen molar-refractivity contribution in [2.24, 2.45) is 0 Å². The Morgan fingerprint density at radius 2 is 2.35 bits per heavy atom. The summed E-state index contributed by atoms with van der Waals surface area (Å²) in [7, 11) is 0. The van der Waals surface area contributed by atoms with E-state index in [0.717, 1.165) is 37.5 Å². The lowest BCUT2D eigenvalue weighted by molar-refractivity contribution is 0.0820. The quantitative estimate of drug-likeness (QED) is 0.849. The maximum absolute atomic E-state index is 9.44. The molecule has 0 amide bonds. The summed E-state index contributed by atoms with van der Waals surface area (Å²) in [6.45, 7) is 6.51. The van der Waals surface area contributed by atoms with E-state index in [-0.39, 0.29) is 6.10 Å². The van der Waals surface area contributed by atoms with Crippen molar-refractivity contribution in [3.8, 4) is 0 Å². The Kier molecular flexibility index (Phi) is 3.97. The Morgan fingerprint density at radius 1 is 1.53 bits per heavy atom. The van der Waals surface area contributed by atoms with Gasteiger partial charge in [0.2, 0.25) is 0 Å². The van der Waals surface area contributed by atoms with Gasteiger partial charge in [0, 0.05) is 25.9 Å². The van der Waals surface area contributed by atoms with Gasteiger partial charge < -0.3 is 14.7 Å². The van der Waals surface area contributed by atoms with Crippen LogP contribution in [0.25, 0.3) is 0 Å². The van der Waals surface area contributed by atoms with Gasteiger partial charge in [0.1, 0.15) is 5.82 Å². The predicted octanol–water partition coefficient (Wildman–Crippen LogP) is 1.75. The molecule has 0 saturated carbocycles. The predicted molar refractivity (Wildman–Crippen MR) is 67.1 cm³/mol. The fourth-order valence-electron chi connectivity index (χ4n) is 2.03. The third kappa shape index (κ3) is 3.17. The zero-order valence-electron chi connectivity index (χ0n) is 10.5. The van der Waals surface area contributed by atoms with Crippen molar-refractivity contribution in [3.05, 3.63) is 23.9 Å². The van der Waals surface area contributed by atoms with Crippen molar-refractivity contribution in [2.75, 3.05) is 24.6 Å². The summed E-state index contributed by atoms with van der Waals surface area (Å²) >= 11 is 0. The second kappa shape index (κ2) is 5.47. The third-order valence-corrected chi connectivity index (χ3v) is 3.03. The zero-order chi connectivity index (χ0) is 12.3.